The first kappa shape index (κ1) is 21.2. The van der Waals surface area contributed by atoms with E-state index in [-0.39, 0.29) is 0 Å². The Morgan fingerprint density at radius 3 is 1.48 bits per heavy atom. The molecule has 0 aromatic heterocycles. The van der Waals surface area contributed by atoms with Gasteiger partial charge in [-0.25, -0.2) is 4.79 Å². The Kier molecular flexibility index (Phi) is 5.15. The molecule has 1 aliphatic heterocycles. The van der Waals surface area contributed by atoms with E-state index >= 15 is 0 Å². The van der Waals surface area contributed by atoms with Gasteiger partial charge in [0.1, 0.15) is 5.75 Å². The molecule has 1 heterocycles. The van der Waals surface area contributed by atoms with E-state index in [1.165, 1.54) is 0 Å². The summed E-state index contributed by atoms with van der Waals surface area (Å²) in [5.74, 6) is 0.0601. The van der Waals surface area contributed by atoms with Crippen LogP contribution in [-0.4, -0.2) is 5.97 Å². The fourth-order valence-corrected chi connectivity index (χ4v) is 4.49. The van der Waals surface area contributed by atoms with Crippen LogP contribution in [0.25, 0.3) is 0 Å². The zero-order valence-electron chi connectivity index (χ0n) is 19.0. The molecule has 4 aromatic carbocycles. The van der Waals surface area contributed by atoms with Crippen LogP contribution in [-0.2, 0) is 20.7 Å². The number of para-hydroxylation sites is 1. The standard InChI is InChI=1S/C30H26O3/c1-21-9-15-24(16-10-21)29(25-17-11-22(2)12-18-25)30(33-29,26-19-13-23(3)14-20-26)28(31)32-27-7-5-4-6-8-27/h4-20H,1-3H3. The molecule has 0 spiro atoms. The molecule has 0 saturated carbocycles. The summed E-state index contributed by atoms with van der Waals surface area (Å²) in [5, 5.41) is 0. The molecule has 5 rings (SSSR count). The Hall–Kier alpha value is -3.69. The number of rotatable bonds is 5. The van der Waals surface area contributed by atoms with Gasteiger partial charge >= 0.3 is 5.97 Å². The number of carbonyl (C=O) groups excluding carboxylic acids is 1. The fraction of sp³-hybridized carbons (Fsp3) is 0.167. The summed E-state index contributed by atoms with van der Waals surface area (Å²) in [6, 6.07) is 33.5. The largest absolute Gasteiger partial charge is 0.424 e. The average molecular weight is 435 g/mol. The molecule has 3 heteroatoms. The number of aryl methyl sites for hydroxylation is 3. The van der Waals surface area contributed by atoms with Crippen LogP contribution < -0.4 is 4.74 Å². The lowest BCUT2D eigenvalue weighted by molar-refractivity contribution is -0.140. The zero-order valence-corrected chi connectivity index (χ0v) is 19.0. The SMILES string of the molecule is Cc1ccc(C2(C(=O)Oc3ccccc3)OC2(c2ccc(C)cc2)c2ccc(C)cc2)cc1. The molecule has 1 saturated heterocycles. The van der Waals surface area contributed by atoms with Crippen molar-refractivity contribution in [1.29, 1.82) is 0 Å². The molecule has 1 aliphatic rings. The van der Waals surface area contributed by atoms with Gasteiger partial charge in [-0.05, 0) is 49.6 Å². The first-order valence-electron chi connectivity index (χ1n) is 11.1. The van der Waals surface area contributed by atoms with Gasteiger partial charge in [0.15, 0.2) is 5.60 Å². The van der Waals surface area contributed by atoms with Crippen molar-refractivity contribution in [2.24, 2.45) is 0 Å². The maximum atomic E-state index is 13.9. The van der Waals surface area contributed by atoms with E-state index < -0.39 is 17.2 Å². The Bertz CT molecular complexity index is 1230. The van der Waals surface area contributed by atoms with Gasteiger partial charge in [-0.15, -0.1) is 0 Å². The smallest absolute Gasteiger partial charge is 0.352 e. The lowest BCUT2D eigenvalue weighted by Gasteiger charge is -2.21. The highest BCUT2D eigenvalue weighted by Crippen LogP contribution is 2.66. The third-order valence-electron chi connectivity index (χ3n) is 6.38. The molecular weight excluding hydrogens is 408 g/mol. The lowest BCUT2D eigenvalue weighted by Crippen LogP contribution is -2.35. The molecule has 0 N–H and O–H groups in total. The predicted molar refractivity (Wildman–Crippen MR) is 129 cm³/mol. The minimum Gasteiger partial charge on any atom is -0.424 e. The van der Waals surface area contributed by atoms with Crippen molar-refractivity contribution in [2.75, 3.05) is 0 Å². The van der Waals surface area contributed by atoms with E-state index in [1.54, 1.807) is 12.1 Å². The molecule has 1 unspecified atom stereocenters. The lowest BCUT2D eigenvalue weighted by atomic mass is 9.76. The second-order valence-corrected chi connectivity index (χ2v) is 8.77. The number of epoxide rings is 1. The van der Waals surface area contributed by atoms with E-state index in [9.17, 15) is 4.79 Å². The zero-order chi connectivity index (χ0) is 23.1. The normalized spacial score (nSPS) is 18.5. The molecule has 3 nitrogen and oxygen atoms in total. The third-order valence-corrected chi connectivity index (χ3v) is 6.38. The fourth-order valence-electron chi connectivity index (χ4n) is 4.49. The second kappa shape index (κ2) is 8.02. The monoisotopic (exact) mass is 434 g/mol. The van der Waals surface area contributed by atoms with E-state index in [4.69, 9.17) is 9.47 Å². The summed E-state index contributed by atoms with van der Waals surface area (Å²) in [5.41, 5.74) is 3.72. The van der Waals surface area contributed by atoms with Gasteiger partial charge in [-0.3, -0.25) is 0 Å². The topological polar surface area (TPSA) is 38.8 Å². The number of esters is 1. The molecule has 0 aliphatic carbocycles. The summed E-state index contributed by atoms with van der Waals surface area (Å²) in [4.78, 5) is 13.9. The van der Waals surface area contributed by atoms with Crippen molar-refractivity contribution in [1.82, 2.24) is 0 Å². The van der Waals surface area contributed by atoms with Gasteiger partial charge in [0.05, 0.1) is 0 Å². The Labute approximate surface area is 194 Å². The maximum Gasteiger partial charge on any atom is 0.352 e. The summed E-state index contributed by atoms with van der Waals surface area (Å²) < 4.78 is 12.5. The van der Waals surface area contributed by atoms with Gasteiger partial charge in [-0.2, -0.15) is 0 Å². The number of ether oxygens (including phenoxy) is 2. The van der Waals surface area contributed by atoms with E-state index in [2.05, 4.69) is 24.3 Å². The van der Waals surface area contributed by atoms with Crippen LogP contribution in [0, 0.1) is 20.8 Å². The Balaban J connectivity index is 1.71. The van der Waals surface area contributed by atoms with Crippen LogP contribution in [0.15, 0.2) is 103 Å². The second-order valence-electron chi connectivity index (χ2n) is 8.77. The highest BCUT2D eigenvalue weighted by atomic mass is 16.7. The van der Waals surface area contributed by atoms with Gasteiger partial charge in [-0.1, -0.05) is 108 Å². The average Bonchev–Trinajstić information content (AvgIpc) is 3.54. The van der Waals surface area contributed by atoms with Gasteiger partial charge in [0, 0.05) is 0 Å². The van der Waals surface area contributed by atoms with E-state index in [1.807, 2.05) is 87.5 Å². The quantitative estimate of drug-likeness (QED) is 0.208. The molecule has 0 radical (unpaired) electrons. The summed E-state index contributed by atoms with van der Waals surface area (Å²) in [6.07, 6.45) is 0. The first-order valence-corrected chi connectivity index (χ1v) is 11.1. The molecule has 1 fully saturated rings. The predicted octanol–water partition coefficient (Wildman–Crippen LogP) is 6.39. The molecule has 33 heavy (non-hydrogen) atoms. The van der Waals surface area contributed by atoms with Gasteiger partial charge in [0.25, 0.3) is 0 Å². The molecular formula is C30H26O3. The number of hydrogen-bond donors (Lipinski definition) is 0. The Morgan fingerprint density at radius 2 is 1.03 bits per heavy atom. The molecule has 0 bridgehead atoms. The van der Waals surface area contributed by atoms with Gasteiger partial charge in [0.2, 0.25) is 5.60 Å². The van der Waals surface area contributed by atoms with Crippen LogP contribution >= 0.6 is 0 Å². The van der Waals surface area contributed by atoms with Crippen molar-refractivity contribution in [3.8, 4) is 5.75 Å². The van der Waals surface area contributed by atoms with Crippen LogP contribution in [0.2, 0.25) is 0 Å². The summed E-state index contributed by atoms with van der Waals surface area (Å²) in [7, 11) is 0. The minimum atomic E-state index is -1.30. The molecule has 164 valence electrons. The number of carbonyl (C=O) groups is 1. The van der Waals surface area contributed by atoms with Crippen molar-refractivity contribution in [3.63, 3.8) is 0 Å². The summed E-state index contributed by atoms with van der Waals surface area (Å²) >= 11 is 0. The minimum absolute atomic E-state index is 0.432. The maximum absolute atomic E-state index is 13.9. The highest BCUT2D eigenvalue weighted by Gasteiger charge is 2.78. The van der Waals surface area contributed by atoms with Gasteiger partial charge < -0.3 is 9.47 Å². The first-order chi connectivity index (χ1) is 16.0. The van der Waals surface area contributed by atoms with Crippen LogP contribution in [0.5, 0.6) is 5.75 Å². The number of hydrogen-bond acceptors (Lipinski definition) is 3. The van der Waals surface area contributed by atoms with Crippen LogP contribution in [0.1, 0.15) is 33.4 Å². The van der Waals surface area contributed by atoms with Crippen molar-refractivity contribution in [3.05, 3.63) is 137 Å². The molecule has 4 aromatic rings. The summed E-state index contributed by atoms with van der Waals surface area (Å²) in [6.45, 7) is 6.12. The van der Waals surface area contributed by atoms with Crippen LogP contribution in [0.3, 0.4) is 0 Å². The van der Waals surface area contributed by atoms with E-state index in [0.29, 0.717) is 5.75 Å². The van der Waals surface area contributed by atoms with Crippen molar-refractivity contribution < 1.29 is 14.3 Å². The van der Waals surface area contributed by atoms with Crippen molar-refractivity contribution >= 4 is 5.97 Å². The highest BCUT2D eigenvalue weighted by molar-refractivity contribution is 5.90. The van der Waals surface area contributed by atoms with Crippen molar-refractivity contribution in [2.45, 2.75) is 32.0 Å². The molecule has 1 atom stereocenters. The third kappa shape index (κ3) is 3.46. The van der Waals surface area contributed by atoms with Crippen LogP contribution in [0.4, 0.5) is 0 Å². The molecule has 0 amide bonds. The van der Waals surface area contributed by atoms with E-state index in [0.717, 1.165) is 33.4 Å². The Morgan fingerprint density at radius 1 is 0.606 bits per heavy atom. The number of benzene rings is 4.